The van der Waals surface area contributed by atoms with Gasteiger partial charge in [0.2, 0.25) is 11.8 Å². The Morgan fingerprint density at radius 2 is 2.05 bits per heavy atom. The summed E-state index contributed by atoms with van der Waals surface area (Å²) in [5.41, 5.74) is 6.10. The van der Waals surface area contributed by atoms with Crippen molar-refractivity contribution < 1.29 is 9.59 Å². The highest BCUT2D eigenvalue weighted by Crippen LogP contribution is 2.17. The zero-order valence-electron chi connectivity index (χ0n) is 12.3. The number of halogens is 1. The van der Waals surface area contributed by atoms with E-state index in [1.54, 1.807) is 11.0 Å². The molecule has 0 bridgehead atoms. The molecule has 21 heavy (non-hydrogen) atoms. The molecular formula is C15H22ClN3O2. The van der Waals surface area contributed by atoms with Gasteiger partial charge in [-0.3, -0.25) is 9.59 Å². The minimum atomic E-state index is -0.337. The van der Waals surface area contributed by atoms with Crippen LogP contribution in [0.25, 0.3) is 0 Å². The molecule has 0 aliphatic rings. The first-order valence-corrected chi connectivity index (χ1v) is 7.44. The maximum absolute atomic E-state index is 12.2. The first-order valence-electron chi connectivity index (χ1n) is 7.06. The first kappa shape index (κ1) is 17.5. The molecule has 0 aliphatic heterocycles. The number of nitrogens with one attached hydrogen (secondary N) is 1. The number of benzene rings is 1. The summed E-state index contributed by atoms with van der Waals surface area (Å²) in [6, 6.07) is 7.44. The van der Waals surface area contributed by atoms with E-state index in [1.807, 2.05) is 18.2 Å². The third-order valence-electron chi connectivity index (χ3n) is 3.08. The van der Waals surface area contributed by atoms with Crippen LogP contribution in [0.1, 0.15) is 25.3 Å². The summed E-state index contributed by atoms with van der Waals surface area (Å²) >= 11 is 6.13. The van der Waals surface area contributed by atoms with Crippen LogP contribution in [-0.2, 0) is 16.1 Å². The summed E-state index contributed by atoms with van der Waals surface area (Å²) in [7, 11) is 0. The fourth-order valence-corrected chi connectivity index (χ4v) is 2.03. The van der Waals surface area contributed by atoms with Gasteiger partial charge in [-0.05, 0) is 18.1 Å². The van der Waals surface area contributed by atoms with Gasteiger partial charge in [-0.25, -0.2) is 0 Å². The van der Waals surface area contributed by atoms with Crippen LogP contribution >= 0.6 is 11.6 Å². The summed E-state index contributed by atoms with van der Waals surface area (Å²) in [6.07, 6.45) is 1.89. The van der Waals surface area contributed by atoms with E-state index < -0.39 is 0 Å². The van der Waals surface area contributed by atoms with Crippen LogP contribution in [0.15, 0.2) is 24.3 Å². The lowest BCUT2D eigenvalue weighted by atomic mass is 10.2. The number of nitrogens with two attached hydrogens (primary N) is 1. The van der Waals surface area contributed by atoms with Crippen LogP contribution in [0, 0.1) is 0 Å². The molecule has 0 radical (unpaired) electrons. The lowest BCUT2D eigenvalue weighted by Gasteiger charge is -2.23. The van der Waals surface area contributed by atoms with Crippen LogP contribution in [0.5, 0.6) is 0 Å². The van der Waals surface area contributed by atoms with Crippen LogP contribution < -0.4 is 11.1 Å². The predicted octanol–water partition coefficient (Wildman–Crippen LogP) is 1.54. The number of carbonyl (C=O) groups is 2. The molecule has 3 N–H and O–H groups in total. The Kier molecular flexibility index (Phi) is 7.79. The zero-order valence-corrected chi connectivity index (χ0v) is 13.0. The van der Waals surface area contributed by atoms with Crippen molar-refractivity contribution >= 4 is 23.4 Å². The molecule has 6 heteroatoms. The average Bonchev–Trinajstić information content (AvgIpc) is 2.50. The summed E-state index contributed by atoms with van der Waals surface area (Å²) in [5, 5.41) is 3.14. The van der Waals surface area contributed by atoms with Gasteiger partial charge < -0.3 is 16.0 Å². The van der Waals surface area contributed by atoms with Crippen molar-refractivity contribution in [2.75, 3.05) is 19.6 Å². The predicted molar refractivity (Wildman–Crippen MR) is 83.8 cm³/mol. The Hall–Kier alpha value is -1.59. The number of carbonyl (C=O) groups excluding carboxylic acids is 2. The Morgan fingerprint density at radius 3 is 2.67 bits per heavy atom. The van der Waals surface area contributed by atoms with Gasteiger partial charge >= 0.3 is 0 Å². The van der Waals surface area contributed by atoms with E-state index in [2.05, 4.69) is 12.2 Å². The molecule has 1 aromatic rings. The quantitative estimate of drug-likeness (QED) is 0.764. The third-order valence-corrected chi connectivity index (χ3v) is 3.44. The summed E-state index contributed by atoms with van der Waals surface area (Å²) in [4.78, 5) is 25.1. The number of unbranched alkanes of at least 4 members (excludes halogenated alkanes) is 1. The van der Waals surface area contributed by atoms with Crippen LogP contribution in [0.4, 0.5) is 0 Å². The monoisotopic (exact) mass is 311 g/mol. The molecular weight excluding hydrogens is 290 g/mol. The molecule has 0 fully saturated rings. The Balaban J connectivity index is 2.68. The highest BCUT2D eigenvalue weighted by atomic mass is 35.5. The Labute approximate surface area is 130 Å². The molecule has 0 spiro atoms. The molecule has 1 rings (SSSR count). The first-order chi connectivity index (χ1) is 10.1. The van der Waals surface area contributed by atoms with Gasteiger partial charge in [-0.15, -0.1) is 0 Å². The van der Waals surface area contributed by atoms with Crippen molar-refractivity contribution in [1.82, 2.24) is 10.2 Å². The van der Waals surface area contributed by atoms with E-state index in [-0.39, 0.29) is 24.9 Å². The normalized spacial score (nSPS) is 10.2. The fourth-order valence-electron chi connectivity index (χ4n) is 1.83. The highest BCUT2D eigenvalue weighted by Gasteiger charge is 2.15. The molecule has 116 valence electrons. The van der Waals surface area contributed by atoms with Crippen molar-refractivity contribution in [1.29, 1.82) is 0 Å². The standard InChI is InChI=1S/C15H22ClN3O2/c1-2-3-8-19(15(21)10-18-14(20)9-17)11-12-6-4-5-7-13(12)16/h4-7H,2-3,8-11,17H2,1H3,(H,18,20). The second-order valence-electron chi connectivity index (χ2n) is 4.74. The van der Waals surface area contributed by atoms with Crippen LogP contribution in [0.2, 0.25) is 5.02 Å². The van der Waals surface area contributed by atoms with Crippen molar-refractivity contribution in [2.24, 2.45) is 5.73 Å². The van der Waals surface area contributed by atoms with Gasteiger partial charge in [0.15, 0.2) is 0 Å². The second-order valence-corrected chi connectivity index (χ2v) is 5.15. The summed E-state index contributed by atoms with van der Waals surface area (Å²) in [5.74, 6) is -0.471. The second kappa shape index (κ2) is 9.37. The van der Waals surface area contributed by atoms with E-state index in [1.165, 1.54) is 0 Å². The molecule has 5 nitrogen and oxygen atoms in total. The maximum Gasteiger partial charge on any atom is 0.242 e. The highest BCUT2D eigenvalue weighted by molar-refractivity contribution is 6.31. The smallest absolute Gasteiger partial charge is 0.242 e. The topological polar surface area (TPSA) is 75.4 Å². The summed E-state index contributed by atoms with van der Waals surface area (Å²) < 4.78 is 0. The van der Waals surface area contributed by atoms with Crippen molar-refractivity contribution in [3.8, 4) is 0 Å². The van der Waals surface area contributed by atoms with E-state index in [9.17, 15) is 9.59 Å². The van der Waals surface area contributed by atoms with Crippen molar-refractivity contribution in [3.63, 3.8) is 0 Å². The lowest BCUT2D eigenvalue weighted by Crippen LogP contribution is -2.42. The average molecular weight is 312 g/mol. The van der Waals surface area contributed by atoms with Gasteiger partial charge in [0, 0.05) is 18.1 Å². The molecule has 0 unspecified atom stereocenters. The molecule has 0 aromatic heterocycles. The SMILES string of the molecule is CCCCN(Cc1ccccc1Cl)C(=O)CNC(=O)CN. The fraction of sp³-hybridized carbons (Fsp3) is 0.467. The van der Waals surface area contributed by atoms with Gasteiger partial charge in [-0.2, -0.15) is 0 Å². The van der Waals surface area contributed by atoms with E-state index >= 15 is 0 Å². The minimum Gasteiger partial charge on any atom is -0.346 e. The number of amides is 2. The third kappa shape index (κ3) is 6.14. The number of rotatable bonds is 8. The van der Waals surface area contributed by atoms with E-state index in [4.69, 9.17) is 17.3 Å². The van der Waals surface area contributed by atoms with Gasteiger partial charge in [0.05, 0.1) is 13.1 Å². The van der Waals surface area contributed by atoms with Crippen molar-refractivity contribution in [2.45, 2.75) is 26.3 Å². The zero-order chi connectivity index (χ0) is 15.7. The molecule has 0 aliphatic carbocycles. The summed E-state index contributed by atoms with van der Waals surface area (Å²) in [6.45, 7) is 2.99. The van der Waals surface area contributed by atoms with Crippen LogP contribution in [-0.4, -0.2) is 36.3 Å². The number of hydrogen-bond acceptors (Lipinski definition) is 3. The number of nitrogens with zero attached hydrogens (tertiary/aromatic N) is 1. The lowest BCUT2D eigenvalue weighted by molar-refractivity contribution is -0.133. The number of hydrogen-bond donors (Lipinski definition) is 2. The molecule has 2 amide bonds. The van der Waals surface area contributed by atoms with E-state index in [0.29, 0.717) is 18.1 Å². The Morgan fingerprint density at radius 1 is 1.33 bits per heavy atom. The molecule has 0 atom stereocenters. The molecule has 0 saturated carbocycles. The van der Waals surface area contributed by atoms with Gasteiger partial charge in [0.1, 0.15) is 0 Å². The van der Waals surface area contributed by atoms with Gasteiger partial charge in [0.25, 0.3) is 0 Å². The minimum absolute atomic E-state index is 0.0375. The molecule has 1 aromatic carbocycles. The maximum atomic E-state index is 12.2. The Bertz CT molecular complexity index is 480. The van der Waals surface area contributed by atoms with Crippen LogP contribution in [0.3, 0.4) is 0 Å². The van der Waals surface area contributed by atoms with Crippen molar-refractivity contribution in [3.05, 3.63) is 34.9 Å². The molecule has 0 heterocycles. The van der Waals surface area contributed by atoms with Gasteiger partial charge in [-0.1, -0.05) is 43.1 Å². The van der Waals surface area contributed by atoms with E-state index in [0.717, 1.165) is 18.4 Å². The largest absolute Gasteiger partial charge is 0.346 e. The molecule has 0 saturated heterocycles.